The minimum absolute atomic E-state index is 1.11. The number of rotatable bonds is 5. The van der Waals surface area contributed by atoms with Crippen LogP contribution in [0.25, 0.3) is 0 Å². The van der Waals surface area contributed by atoms with Crippen molar-refractivity contribution in [2.24, 2.45) is 17.8 Å². The summed E-state index contributed by atoms with van der Waals surface area (Å²) in [7, 11) is 0. The van der Waals surface area contributed by atoms with Gasteiger partial charge in [-0.15, -0.1) is 0 Å². The number of hydrogen-bond donors (Lipinski definition) is 0. The molecule has 0 aromatic heterocycles. The molecular formula is C15H28. The largest absolute Gasteiger partial charge is 0.0654 e. The molecule has 0 spiro atoms. The van der Waals surface area contributed by atoms with E-state index >= 15 is 0 Å². The average Bonchev–Trinajstić information content (AvgIpc) is 2.23. The average molecular weight is 208 g/mol. The molecule has 2 fully saturated rings. The minimum Gasteiger partial charge on any atom is -0.0654 e. The fourth-order valence-corrected chi connectivity index (χ4v) is 3.70. The molecule has 2 rings (SSSR count). The Hall–Kier alpha value is 0. The summed E-state index contributed by atoms with van der Waals surface area (Å²) in [6.07, 6.45) is 16.8. The van der Waals surface area contributed by atoms with Gasteiger partial charge in [0, 0.05) is 0 Å². The highest BCUT2D eigenvalue weighted by atomic mass is 14.3. The molecule has 2 aliphatic rings. The Labute approximate surface area is 95.8 Å². The van der Waals surface area contributed by atoms with Crippen LogP contribution in [-0.4, -0.2) is 0 Å². The van der Waals surface area contributed by atoms with Crippen LogP contribution < -0.4 is 0 Å². The number of hydrogen-bond acceptors (Lipinski definition) is 0. The van der Waals surface area contributed by atoms with Crippen LogP contribution in [0.2, 0.25) is 0 Å². The Balaban J connectivity index is 1.52. The van der Waals surface area contributed by atoms with E-state index in [-0.39, 0.29) is 0 Å². The Morgan fingerprint density at radius 1 is 0.733 bits per heavy atom. The molecule has 0 unspecified atom stereocenters. The van der Waals surface area contributed by atoms with Gasteiger partial charge in [0.1, 0.15) is 0 Å². The smallest absolute Gasteiger partial charge is 0.0409 e. The van der Waals surface area contributed by atoms with Crippen molar-refractivity contribution in [1.82, 2.24) is 0 Å². The molecule has 0 aromatic carbocycles. The lowest BCUT2D eigenvalue weighted by molar-refractivity contribution is 0.155. The van der Waals surface area contributed by atoms with E-state index in [1.807, 2.05) is 0 Å². The van der Waals surface area contributed by atoms with Gasteiger partial charge in [-0.3, -0.25) is 0 Å². The molecule has 0 radical (unpaired) electrons. The van der Waals surface area contributed by atoms with Gasteiger partial charge in [-0.2, -0.15) is 0 Å². The van der Waals surface area contributed by atoms with Gasteiger partial charge < -0.3 is 0 Å². The molecule has 0 heterocycles. The van der Waals surface area contributed by atoms with Gasteiger partial charge in [-0.1, -0.05) is 64.7 Å². The molecule has 0 amide bonds. The quantitative estimate of drug-likeness (QED) is 0.584. The maximum Gasteiger partial charge on any atom is -0.0409 e. The van der Waals surface area contributed by atoms with Crippen molar-refractivity contribution in [3.8, 4) is 0 Å². The molecule has 88 valence electrons. The van der Waals surface area contributed by atoms with E-state index in [1.54, 1.807) is 38.5 Å². The molecule has 0 nitrogen and oxygen atoms in total. The highest BCUT2D eigenvalue weighted by molar-refractivity contribution is 4.80. The maximum atomic E-state index is 2.33. The fourth-order valence-electron chi connectivity index (χ4n) is 3.70. The molecule has 0 aliphatic heterocycles. The van der Waals surface area contributed by atoms with E-state index < -0.39 is 0 Å². The first-order chi connectivity index (χ1) is 7.38. The van der Waals surface area contributed by atoms with Gasteiger partial charge in [-0.05, 0) is 30.6 Å². The first-order valence-electron chi connectivity index (χ1n) is 7.38. The third-order valence-electron chi connectivity index (χ3n) is 4.74. The van der Waals surface area contributed by atoms with Crippen LogP contribution >= 0.6 is 0 Å². The first-order valence-corrected chi connectivity index (χ1v) is 7.38. The molecule has 2 saturated carbocycles. The van der Waals surface area contributed by atoms with E-state index in [1.165, 1.54) is 32.1 Å². The van der Waals surface area contributed by atoms with E-state index in [9.17, 15) is 0 Å². The van der Waals surface area contributed by atoms with Crippen molar-refractivity contribution >= 4 is 0 Å². The predicted molar refractivity (Wildman–Crippen MR) is 66.9 cm³/mol. The van der Waals surface area contributed by atoms with Crippen LogP contribution in [0.3, 0.4) is 0 Å². The summed E-state index contributed by atoms with van der Waals surface area (Å²) in [5.41, 5.74) is 0. The topological polar surface area (TPSA) is 0 Å². The van der Waals surface area contributed by atoms with Crippen molar-refractivity contribution < 1.29 is 0 Å². The summed E-state index contributed by atoms with van der Waals surface area (Å²) in [5, 5.41) is 0. The van der Waals surface area contributed by atoms with Crippen LogP contribution in [0, 0.1) is 17.8 Å². The fraction of sp³-hybridized carbons (Fsp3) is 1.00. The van der Waals surface area contributed by atoms with E-state index in [4.69, 9.17) is 0 Å². The third kappa shape index (κ3) is 3.50. The highest BCUT2D eigenvalue weighted by Gasteiger charge is 2.28. The van der Waals surface area contributed by atoms with E-state index in [0.29, 0.717) is 0 Å². The summed E-state index contributed by atoms with van der Waals surface area (Å²) in [6, 6.07) is 0. The zero-order valence-electron chi connectivity index (χ0n) is 10.5. The molecule has 0 aromatic rings. The lowest BCUT2D eigenvalue weighted by atomic mass is 9.69. The van der Waals surface area contributed by atoms with Gasteiger partial charge in [0.15, 0.2) is 0 Å². The van der Waals surface area contributed by atoms with Gasteiger partial charge in [0.2, 0.25) is 0 Å². The summed E-state index contributed by atoms with van der Waals surface area (Å²) in [5.74, 6) is 3.36. The molecule has 0 atom stereocenters. The van der Waals surface area contributed by atoms with E-state index in [2.05, 4.69) is 6.92 Å². The molecular weight excluding hydrogens is 180 g/mol. The Morgan fingerprint density at radius 2 is 1.33 bits per heavy atom. The first kappa shape index (κ1) is 11.5. The molecule has 0 bridgehead atoms. The van der Waals surface area contributed by atoms with Gasteiger partial charge in [0.05, 0.1) is 0 Å². The monoisotopic (exact) mass is 208 g/mol. The lowest BCUT2D eigenvalue weighted by Crippen LogP contribution is -2.24. The molecule has 15 heavy (non-hydrogen) atoms. The maximum absolute atomic E-state index is 2.33. The van der Waals surface area contributed by atoms with Crippen molar-refractivity contribution in [3.05, 3.63) is 0 Å². The van der Waals surface area contributed by atoms with Crippen LogP contribution in [0.5, 0.6) is 0 Å². The van der Waals surface area contributed by atoms with Crippen LogP contribution in [-0.2, 0) is 0 Å². The van der Waals surface area contributed by atoms with Crippen molar-refractivity contribution in [2.75, 3.05) is 0 Å². The van der Waals surface area contributed by atoms with Crippen molar-refractivity contribution in [2.45, 2.75) is 77.6 Å². The zero-order chi connectivity index (χ0) is 10.5. The summed E-state index contributed by atoms with van der Waals surface area (Å²) in [6.45, 7) is 2.33. The van der Waals surface area contributed by atoms with Crippen LogP contribution in [0.4, 0.5) is 0 Å². The predicted octanol–water partition coefficient (Wildman–Crippen LogP) is 5.17. The minimum atomic E-state index is 1.11. The second kappa shape index (κ2) is 5.92. The summed E-state index contributed by atoms with van der Waals surface area (Å²) < 4.78 is 0. The van der Waals surface area contributed by atoms with Gasteiger partial charge >= 0.3 is 0 Å². The second-order valence-electron chi connectivity index (χ2n) is 6.07. The second-order valence-corrected chi connectivity index (χ2v) is 6.07. The molecule has 0 heteroatoms. The normalized spacial score (nSPS) is 32.6. The highest BCUT2D eigenvalue weighted by Crippen LogP contribution is 2.41. The standard InChI is InChI=1S/C15H28/c1-2-6-14-11-15(12-14)10-9-13-7-4-3-5-8-13/h13-15H,2-12H2,1H3. The van der Waals surface area contributed by atoms with Crippen molar-refractivity contribution in [3.63, 3.8) is 0 Å². The van der Waals surface area contributed by atoms with Crippen LogP contribution in [0.15, 0.2) is 0 Å². The van der Waals surface area contributed by atoms with E-state index in [0.717, 1.165) is 17.8 Å². The third-order valence-corrected chi connectivity index (χ3v) is 4.74. The lowest BCUT2D eigenvalue weighted by Gasteiger charge is -2.36. The Morgan fingerprint density at radius 3 is 2.00 bits per heavy atom. The molecule has 0 saturated heterocycles. The Kier molecular flexibility index (Phi) is 4.53. The van der Waals surface area contributed by atoms with Gasteiger partial charge in [-0.25, -0.2) is 0 Å². The SMILES string of the molecule is CCCC1CC(CCC2CCCCC2)C1. The zero-order valence-corrected chi connectivity index (χ0v) is 10.5. The molecule has 0 N–H and O–H groups in total. The molecule has 2 aliphatic carbocycles. The van der Waals surface area contributed by atoms with Crippen molar-refractivity contribution in [1.29, 1.82) is 0 Å². The van der Waals surface area contributed by atoms with Gasteiger partial charge in [0.25, 0.3) is 0 Å². The Bertz CT molecular complexity index is 161. The summed E-state index contributed by atoms with van der Waals surface area (Å²) >= 11 is 0. The van der Waals surface area contributed by atoms with Crippen LogP contribution in [0.1, 0.15) is 77.6 Å². The summed E-state index contributed by atoms with van der Waals surface area (Å²) in [4.78, 5) is 0.